The highest BCUT2D eigenvalue weighted by molar-refractivity contribution is 7.09. The van der Waals surface area contributed by atoms with Gasteiger partial charge < -0.3 is 4.90 Å². The van der Waals surface area contributed by atoms with Crippen molar-refractivity contribution in [2.24, 2.45) is 11.8 Å². The molecule has 1 aromatic heterocycles. The molecule has 0 saturated heterocycles. The van der Waals surface area contributed by atoms with E-state index < -0.39 is 5.92 Å². The highest BCUT2D eigenvalue weighted by Gasteiger charge is 2.24. The Morgan fingerprint density at radius 2 is 2.31 bits per heavy atom. The molecule has 0 fully saturated rings. The number of carbonyl (C=O) groups excluding carboxylic acids is 1. The van der Waals surface area contributed by atoms with E-state index in [1.165, 1.54) is 0 Å². The zero-order valence-corrected chi connectivity index (χ0v) is 10.6. The van der Waals surface area contributed by atoms with Gasteiger partial charge in [-0.15, -0.1) is 11.3 Å². The Labute approximate surface area is 100 Å². The molecule has 3 nitrogen and oxygen atoms in total. The molecule has 1 amide bonds. The first-order chi connectivity index (χ1) is 7.56. The molecule has 0 radical (unpaired) electrons. The average Bonchev–Trinajstić information content (AvgIpc) is 2.70. The fourth-order valence-electron chi connectivity index (χ4n) is 1.44. The standard InChI is InChI=1S/C12H16N2OS/c1-9(2)11(7-13)12(15)14(3)8-10-5-4-6-16-10/h4-6,9,11H,8H2,1-3H3. The van der Waals surface area contributed by atoms with Gasteiger partial charge in [-0.2, -0.15) is 5.26 Å². The van der Waals surface area contributed by atoms with E-state index in [1.807, 2.05) is 31.4 Å². The molecule has 1 unspecified atom stereocenters. The topological polar surface area (TPSA) is 44.1 Å². The van der Waals surface area contributed by atoms with Crippen LogP contribution in [0.5, 0.6) is 0 Å². The summed E-state index contributed by atoms with van der Waals surface area (Å²) in [6.07, 6.45) is 0. The van der Waals surface area contributed by atoms with Gasteiger partial charge in [-0.25, -0.2) is 0 Å². The van der Waals surface area contributed by atoms with Crippen LogP contribution in [0.4, 0.5) is 0 Å². The second kappa shape index (κ2) is 5.66. The Morgan fingerprint density at radius 3 is 2.75 bits per heavy atom. The van der Waals surface area contributed by atoms with Crippen LogP contribution >= 0.6 is 11.3 Å². The van der Waals surface area contributed by atoms with Crippen LogP contribution in [0.15, 0.2) is 17.5 Å². The fourth-order valence-corrected chi connectivity index (χ4v) is 2.20. The highest BCUT2D eigenvalue weighted by atomic mass is 32.1. The van der Waals surface area contributed by atoms with Crippen molar-refractivity contribution in [1.29, 1.82) is 5.26 Å². The lowest BCUT2D eigenvalue weighted by atomic mass is 9.96. The Balaban J connectivity index is 2.64. The van der Waals surface area contributed by atoms with Crippen LogP contribution in [-0.4, -0.2) is 17.9 Å². The van der Waals surface area contributed by atoms with Crippen LogP contribution in [0.3, 0.4) is 0 Å². The van der Waals surface area contributed by atoms with Gasteiger partial charge >= 0.3 is 0 Å². The van der Waals surface area contributed by atoms with Gasteiger partial charge in [-0.1, -0.05) is 19.9 Å². The number of hydrogen-bond donors (Lipinski definition) is 0. The van der Waals surface area contributed by atoms with Gasteiger partial charge in [0.2, 0.25) is 5.91 Å². The number of carbonyl (C=O) groups is 1. The molecule has 0 N–H and O–H groups in total. The summed E-state index contributed by atoms with van der Waals surface area (Å²) >= 11 is 1.62. The van der Waals surface area contributed by atoms with E-state index in [-0.39, 0.29) is 11.8 Å². The van der Waals surface area contributed by atoms with Gasteiger partial charge in [-0.3, -0.25) is 4.79 Å². The van der Waals surface area contributed by atoms with E-state index >= 15 is 0 Å². The van der Waals surface area contributed by atoms with E-state index in [0.717, 1.165) is 4.88 Å². The molecule has 0 aliphatic heterocycles. The van der Waals surface area contributed by atoms with Crippen LogP contribution in [-0.2, 0) is 11.3 Å². The number of thiophene rings is 1. The van der Waals surface area contributed by atoms with E-state index in [9.17, 15) is 4.79 Å². The number of rotatable bonds is 4. The van der Waals surface area contributed by atoms with Gasteiger partial charge in [0.05, 0.1) is 12.6 Å². The Bertz CT molecular complexity index is 378. The second-order valence-corrected chi connectivity index (χ2v) is 5.16. The predicted molar refractivity (Wildman–Crippen MR) is 64.7 cm³/mol. The van der Waals surface area contributed by atoms with Crippen molar-refractivity contribution in [3.05, 3.63) is 22.4 Å². The summed E-state index contributed by atoms with van der Waals surface area (Å²) in [6.45, 7) is 4.37. The van der Waals surface area contributed by atoms with Crippen LogP contribution in [0, 0.1) is 23.2 Å². The van der Waals surface area contributed by atoms with Crippen LogP contribution in [0.2, 0.25) is 0 Å². The molecular weight excluding hydrogens is 220 g/mol. The molecule has 16 heavy (non-hydrogen) atoms. The molecule has 1 atom stereocenters. The Kier molecular flexibility index (Phi) is 4.51. The van der Waals surface area contributed by atoms with E-state index in [2.05, 4.69) is 6.07 Å². The molecule has 1 rings (SSSR count). The summed E-state index contributed by atoms with van der Waals surface area (Å²) in [5.41, 5.74) is 0. The summed E-state index contributed by atoms with van der Waals surface area (Å²) < 4.78 is 0. The largest absolute Gasteiger partial charge is 0.339 e. The maximum atomic E-state index is 12.0. The van der Waals surface area contributed by atoms with Crippen LogP contribution in [0.1, 0.15) is 18.7 Å². The van der Waals surface area contributed by atoms with Crippen molar-refractivity contribution in [2.75, 3.05) is 7.05 Å². The maximum absolute atomic E-state index is 12.0. The van der Waals surface area contributed by atoms with Crippen molar-refractivity contribution >= 4 is 17.2 Å². The molecule has 0 aromatic carbocycles. The van der Waals surface area contributed by atoms with Gasteiger partial charge in [0.25, 0.3) is 0 Å². The lowest BCUT2D eigenvalue weighted by Gasteiger charge is -2.21. The Hall–Kier alpha value is -1.34. The summed E-state index contributed by atoms with van der Waals surface area (Å²) in [5, 5.41) is 10.9. The van der Waals surface area contributed by atoms with Gasteiger partial charge in [0.1, 0.15) is 5.92 Å². The zero-order chi connectivity index (χ0) is 12.1. The molecule has 0 saturated carbocycles. The number of nitriles is 1. The van der Waals surface area contributed by atoms with Crippen molar-refractivity contribution in [3.8, 4) is 6.07 Å². The zero-order valence-electron chi connectivity index (χ0n) is 9.80. The number of amides is 1. The minimum atomic E-state index is -0.537. The normalized spacial score (nSPS) is 12.2. The van der Waals surface area contributed by atoms with E-state index in [4.69, 9.17) is 5.26 Å². The third-order valence-electron chi connectivity index (χ3n) is 2.42. The van der Waals surface area contributed by atoms with Crippen molar-refractivity contribution in [1.82, 2.24) is 4.90 Å². The smallest absolute Gasteiger partial charge is 0.240 e. The first kappa shape index (κ1) is 12.7. The maximum Gasteiger partial charge on any atom is 0.240 e. The SMILES string of the molecule is CC(C)C(C#N)C(=O)N(C)Cc1cccs1. The quantitative estimate of drug-likeness (QED) is 0.806. The average molecular weight is 236 g/mol. The van der Waals surface area contributed by atoms with Crippen LogP contribution < -0.4 is 0 Å². The minimum absolute atomic E-state index is 0.0586. The number of hydrogen-bond acceptors (Lipinski definition) is 3. The van der Waals surface area contributed by atoms with Crippen molar-refractivity contribution in [3.63, 3.8) is 0 Å². The molecule has 0 aliphatic rings. The van der Waals surface area contributed by atoms with Crippen molar-refractivity contribution < 1.29 is 4.79 Å². The molecule has 4 heteroatoms. The molecule has 1 heterocycles. The first-order valence-corrected chi connectivity index (χ1v) is 6.11. The van der Waals surface area contributed by atoms with Gasteiger partial charge in [-0.05, 0) is 17.4 Å². The van der Waals surface area contributed by atoms with Crippen molar-refractivity contribution in [2.45, 2.75) is 20.4 Å². The summed E-state index contributed by atoms with van der Waals surface area (Å²) in [7, 11) is 1.74. The lowest BCUT2D eigenvalue weighted by molar-refractivity contribution is -0.134. The molecule has 0 spiro atoms. The molecule has 1 aromatic rings. The second-order valence-electron chi connectivity index (χ2n) is 4.12. The monoisotopic (exact) mass is 236 g/mol. The first-order valence-electron chi connectivity index (χ1n) is 5.23. The molecule has 0 bridgehead atoms. The highest BCUT2D eigenvalue weighted by Crippen LogP contribution is 2.16. The summed E-state index contributed by atoms with van der Waals surface area (Å²) in [6, 6.07) is 6.03. The third kappa shape index (κ3) is 3.07. The minimum Gasteiger partial charge on any atom is -0.339 e. The van der Waals surface area contributed by atoms with Crippen LogP contribution in [0.25, 0.3) is 0 Å². The summed E-state index contributed by atoms with van der Waals surface area (Å²) in [4.78, 5) is 14.7. The fraction of sp³-hybridized carbons (Fsp3) is 0.500. The Morgan fingerprint density at radius 1 is 1.62 bits per heavy atom. The van der Waals surface area contributed by atoms with Gasteiger partial charge in [0, 0.05) is 11.9 Å². The van der Waals surface area contributed by atoms with E-state index in [1.54, 1.807) is 23.3 Å². The van der Waals surface area contributed by atoms with E-state index in [0.29, 0.717) is 6.54 Å². The number of nitrogens with zero attached hydrogens (tertiary/aromatic N) is 2. The predicted octanol–water partition coefficient (Wildman–Crippen LogP) is 2.50. The van der Waals surface area contributed by atoms with Gasteiger partial charge in [0.15, 0.2) is 0 Å². The third-order valence-corrected chi connectivity index (χ3v) is 3.28. The molecule has 86 valence electrons. The lowest BCUT2D eigenvalue weighted by Crippen LogP contribution is -2.34. The molecular formula is C12H16N2OS. The summed E-state index contributed by atoms with van der Waals surface area (Å²) in [5.74, 6) is -0.570. The molecule has 0 aliphatic carbocycles.